The van der Waals surface area contributed by atoms with E-state index in [1.165, 1.54) is 6.92 Å². The zero-order chi connectivity index (χ0) is 23.7. The van der Waals surface area contributed by atoms with Crippen LogP contribution in [0.2, 0.25) is 0 Å². The summed E-state index contributed by atoms with van der Waals surface area (Å²) in [6.45, 7) is 7.24. The van der Waals surface area contributed by atoms with Crippen LogP contribution in [0.15, 0.2) is 0 Å². The number of aliphatic hydroxyl groups is 3. The van der Waals surface area contributed by atoms with Gasteiger partial charge in [0.05, 0.1) is 24.4 Å². The second kappa shape index (κ2) is 6.71. The van der Waals surface area contributed by atoms with E-state index < -0.39 is 41.0 Å². The van der Waals surface area contributed by atoms with E-state index >= 15 is 0 Å². The third-order valence-corrected chi connectivity index (χ3v) is 11.4. The van der Waals surface area contributed by atoms with Crippen molar-refractivity contribution < 1.29 is 34.3 Å². The lowest BCUT2D eigenvalue weighted by Gasteiger charge is -2.70. The molecule has 1 aliphatic heterocycles. The van der Waals surface area contributed by atoms with Crippen LogP contribution < -0.4 is 0 Å². The topological polar surface area (TPSA) is 109 Å². The van der Waals surface area contributed by atoms with Gasteiger partial charge >= 0.3 is 5.97 Å². The van der Waals surface area contributed by atoms with E-state index in [4.69, 9.17) is 14.2 Å². The first-order chi connectivity index (χ1) is 15.6. The van der Waals surface area contributed by atoms with Crippen molar-refractivity contribution in [3.8, 4) is 0 Å². The molecule has 186 valence electrons. The van der Waals surface area contributed by atoms with E-state index in [-0.39, 0.29) is 41.2 Å². The molecule has 3 N–H and O–H groups in total. The molecule has 33 heavy (non-hydrogen) atoms. The predicted octanol–water partition coefficient (Wildman–Crippen LogP) is 0.561. The highest BCUT2D eigenvalue weighted by Crippen LogP contribution is 2.80. The molecule has 8 nitrogen and oxygen atoms in total. The normalized spacial score (nSPS) is 60.7. The average Bonchev–Trinajstić information content (AvgIpc) is 3.14. The molecule has 5 saturated carbocycles. The summed E-state index contributed by atoms with van der Waals surface area (Å²) in [5, 5.41) is 36.8. The van der Waals surface area contributed by atoms with Gasteiger partial charge in [0.25, 0.3) is 0 Å². The van der Waals surface area contributed by atoms with Crippen LogP contribution in [0.4, 0.5) is 0 Å². The molecule has 0 radical (unpaired) electrons. The van der Waals surface area contributed by atoms with Gasteiger partial charge in [-0.25, -0.2) is 0 Å². The summed E-state index contributed by atoms with van der Waals surface area (Å²) >= 11 is 0. The van der Waals surface area contributed by atoms with Crippen LogP contribution in [0.1, 0.15) is 46.5 Å². The Balaban J connectivity index is 1.66. The maximum Gasteiger partial charge on any atom is 0.302 e. The van der Waals surface area contributed by atoms with Gasteiger partial charge < -0.3 is 29.5 Å². The number of nitrogens with zero attached hydrogens (tertiary/aromatic N) is 1. The Morgan fingerprint density at radius 3 is 2.58 bits per heavy atom. The number of likely N-dealkylation sites (N-methyl/N-ethyl adjacent to an activating group) is 1. The Labute approximate surface area is 195 Å². The molecular formula is C25H39NO7. The van der Waals surface area contributed by atoms with Gasteiger partial charge in [-0.05, 0) is 37.1 Å². The van der Waals surface area contributed by atoms with E-state index in [9.17, 15) is 20.1 Å². The number of likely N-dealkylation sites (tertiary alicyclic amines) is 1. The predicted molar refractivity (Wildman–Crippen MR) is 117 cm³/mol. The lowest BCUT2D eigenvalue weighted by molar-refractivity contribution is -0.322. The summed E-state index contributed by atoms with van der Waals surface area (Å²) in [6, 6.07) is -0.424. The molecule has 1 spiro atoms. The number of fused-ring (bicyclic) bond motifs is 2. The Kier molecular flexibility index (Phi) is 4.61. The minimum absolute atomic E-state index is 0.0252. The number of carbonyl (C=O) groups is 1. The zero-order valence-electron chi connectivity index (χ0n) is 20.4. The molecule has 8 heteroatoms. The minimum atomic E-state index is -1.61. The number of methoxy groups -OCH3 is 2. The van der Waals surface area contributed by atoms with Crippen LogP contribution in [0.5, 0.6) is 0 Å². The van der Waals surface area contributed by atoms with Crippen LogP contribution in [0, 0.1) is 34.5 Å². The van der Waals surface area contributed by atoms with E-state index in [1.54, 1.807) is 14.2 Å². The highest BCUT2D eigenvalue weighted by Gasteiger charge is 2.91. The molecule has 0 amide bonds. The summed E-state index contributed by atoms with van der Waals surface area (Å²) in [6.07, 6.45) is 0.192. The van der Waals surface area contributed by atoms with Crippen molar-refractivity contribution in [2.45, 2.75) is 88.1 Å². The quantitative estimate of drug-likeness (QED) is 0.517. The number of carbonyl (C=O) groups excluding carboxylic acids is 1. The molecule has 0 aromatic heterocycles. The maximum atomic E-state index is 12.9. The van der Waals surface area contributed by atoms with Crippen molar-refractivity contribution in [2.24, 2.45) is 34.5 Å². The molecule has 6 aliphatic rings. The largest absolute Gasteiger partial charge is 0.462 e. The SMILES string of the molecule is CCN1CC2(C)CCC(O)C34C5CC6C(OC)CC(OC)(C5C6OC(C)=O)C(O)(C(O)C23)C14. The van der Waals surface area contributed by atoms with Gasteiger partial charge in [0.15, 0.2) is 0 Å². The van der Waals surface area contributed by atoms with Gasteiger partial charge in [0.1, 0.15) is 17.3 Å². The number of rotatable bonds is 4. The van der Waals surface area contributed by atoms with E-state index in [0.29, 0.717) is 12.8 Å². The number of piperidine rings is 1. The maximum absolute atomic E-state index is 12.9. The van der Waals surface area contributed by atoms with Crippen LogP contribution in [0.3, 0.4) is 0 Å². The van der Waals surface area contributed by atoms with Gasteiger partial charge in [0, 0.05) is 57.3 Å². The Bertz CT molecular complexity index is 870. The summed E-state index contributed by atoms with van der Waals surface area (Å²) in [5.41, 5.74) is -3.66. The van der Waals surface area contributed by atoms with E-state index in [1.807, 2.05) is 0 Å². The number of aliphatic hydroxyl groups excluding tert-OH is 2. The number of hydrogen-bond donors (Lipinski definition) is 3. The first kappa shape index (κ1) is 22.7. The van der Waals surface area contributed by atoms with Crippen molar-refractivity contribution in [1.29, 1.82) is 0 Å². The Morgan fingerprint density at radius 2 is 1.97 bits per heavy atom. The summed E-state index contributed by atoms with van der Waals surface area (Å²) in [7, 11) is 3.26. The second-order valence-electron chi connectivity index (χ2n) is 12.1. The Morgan fingerprint density at radius 1 is 1.24 bits per heavy atom. The number of esters is 1. The standard InChI is InChI=1S/C25H39NO7/c1-6-26-11-22(3)8-7-16(28)24-14-9-13-15(31-4)10-23(32-5,17(14)18(13)33-12(2)27)25(30,21(24)26)20(29)19(22)24/h13-21,28-30H,6-11H2,1-5H3. The molecule has 13 unspecified atom stereocenters. The first-order valence-corrected chi connectivity index (χ1v) is 12.7. The van der Waals surface area contributed by atoms with Crippen LogP contribution >= 0.6 is 0 Å². The van der Waals surface area contributed by atoms with E-state index in [2.05, 4.69) is 18.7 Å². The zero-order valence-corrected chi connectivity index (χ0v) is 20.4. The van der Waals surface area contributed by atoms with Crippen LogP contribution in [-0.4, -0.2) is 95.2 Å². The summed E-state index contributed by atoms with van der Waals surface area (Å²) < 4.78 is 18.2. The highest BCUT2D eigenvalue weighted by atomic mass is 16.6. The third-order valence-electron chi connectivity index (χ3n) is 11.4. The van der Waals surface area contributed by atoms with E-state index in [0.717, 1.165) is 25.9 Å². The summed E-state index contributed by atoms with van der Waals surface area (Å²) in [4.78, 5) is 14.5. The fourth-order valence-electron chi connectivity index (χ4n) is 10.8. The van der Waals surface area contributed by atoms with Crippen molar-refractivity contribution in [3.05, 3.63) is 0 Å². The monoisotopic (exact) mass is 465 g/mol. The molecule has 7 bridgehead atoms. The van der Waals surface area contributed by atoms with Crippen molar-refractivity contribution in [3.63, 3.8) is 0 Å². The smallest absolute Gasteiger partial charge is 0.302 e. The molecule has 13 atom stereocenters. The lowest BCUT2D eigenvalue weighted by atomic mass is 9.43. The van der Waals surface area contributed by atoms with Gasteiger partial charge in [-0.1, -0.05) is 13.8 Å². The summed E-state index contributed by atoms with van der Waals surface area (Å²) in [5.74, 6) is -0.990. The van der Waals surface area contributed by atoms with Crippen molar-refractivity contribution >= 4 is 5.97 Å². The molecule has 5 aliphatic carbocycles. The number of hydrogen-bond acceptors (Lipinski definition) is 8. The lowest BCUT2D eigenvalue weighted by Crippen LogP contribution is -2.82. The highest BCUT2D eigenvalue weighted by molar-refractivity contribution is 5.66. The first-order valence-electron chi connectivity index (χ1n) is 12.7. The molecule has 1 saturated heterocycles. The van der Waals surface area contributed by atoms with Gasteiger partial charge in [-0.3, -0.25) is 9.69 Å². The van der Waals surface area contributed by atoms with Crippen molar-refractivity contribution in [2.75, 3.05) is 27.3 Å². The fraction of sp³-hybridized carbons (Fsp3) is 0.960. The van der Waals surface area contributed by atoms with Crippen molar-refractivity contribution in [1.82, 2.24) is 4.90 Å². The van der Waals surface area contributed by atoms with Gasteiger partial charge in [-0.2, -0.15) is 0 Å². The molecule has 6 rings (SSSR count). The molecular weight excluding hydrogens is 426 g/mol. The van der Waals surface area contributed by atoms with Crippen LogP contribution in [-0.2, 0) is 19.0 Å². The third kappa shape index (κ3) is 2.16. The van der Waals surface area contributed by atoms with Gasteiger partial charge in [-0.15, -0.1) is 0 Å². The van der Waals surface area contributed by atoms with Crippen LogP contribution in [0.25, 0.3) is 0 Å². The number of ether oxygens (including phenoxy) is 3. The molecule has 6 fully saturated rings. The molecule has 1 heterocycles. The average molecular weight is 466 g/mol. The second-order valence-corrected chi connectivity index (χ2v) is 12.1. The van der Waals surface area contributed by atoms with Gasteiger partial charge in [0.2, 0.25) is 0 Å². The molecule has 0 aromatic carbocycles. The fourth-order valence-corrected chi connectivity index (χ4v) is 10.8. The minimum Gasteiger partial charge on any atom is -0.462 e. The Hall–Kier alpha value is -0.770. The molecule has 0 aromatic rings.